The van der Waals surface area contributed by atoms with E-state index in [4.69, 9.17) is 4.52 Å². The Morgan fingerprint density at radius 3 is 2.74 bits per heavy atom. The minimum absolute atomic E-state index is 0.125. The van der Waals surface area contributed by atoms with Crippen LogP contribution < -0.4 is 5.43 Å². The van der Waals surface area contributed by atoms with Crippen LogP contribution in [-0.4, -0.2) is 32.2 Å². The molecule has 1 N–H and O–H groups in total. The van der Waals surface area contributed by atoms with E-state index in [1.54, 1.807) is 29.4 Å². The summed E-state index contributed by atoms with van der Waals surface area (Å²) in [5, 5.41) is 13.4. The molecule has 0 radical (unpaired) electrons. The van der Waals surface area contributed by atoms with Crippen molar-refractivity contribution in [2.45, 2.75) is 26.9 Å². The SMILES string of the molecule is C=C(O)c1cn2c(c(C)c1=O)C(=O)N(Cc1cc(C)on1)CC2. The summed E-state index contributed by atoms with van der Waals surface area (Å²) in [5.74, 6) is 0.159. The van der Waals surface area contributed by atoms with Gasteiger partial charge in [0.2, 0.25) is 0 Å². The predicted molar refractivity (Wildman–Crippen MR) is 83.1 cm³/mol. The molecule has 0 saturated carbocycles. The largest absolute Gasteiger partial charge is 0.508 e. The normalized spacial score (nSPS) is 14.0. The zero-order chi connectivity index (χ0) is 16.7. The van der Waals surface area contributed by atoms with Gasteiger partial charge in [-0.2, -0.15) is 0 Å². The van der Waals surface area contributed by atoms with Crippen LogP contribution in [0.1, 0.15) is 33.1 Å². The summed E-state index contributed by atoms with van der Waals surface area (Å²) in [6.45, 7) is 8.11. The molecule has 1 amide bonds. The van der Waals surface area contributed by atoms with Gasteiger partial charge in [0, 0.05) is 30.9 Å². The van der Waals surface area contributed by atoms with E-state index in [9.17, 15) is 14.7 Å². The maximum absolute atomic E-state index is 12.7. The summed E-state index contributed by atoms with van der Waals surface area (Å²) in [7, 11) is 0. The number of aliphatic hydroxyl groups excluding tert-OH is 1. The number of carbonyl (C=O) groups is 1. The summed E-state index contributed by atoms with van der Waals surface area (Å²) in [6.07, 6.45) is 1.49. The first-order chi connectivity index (χ1) is 10.9. The number of aromatic nitrogens is 2. The van der Waals surface area contributed by atoms with Crippen molar-refractivity contribution in [2.75, 3.05) is 6.54 Å². The third kappa shape index (κ3) is 2.54. The molecule has 1 aliphatic heterocycles. The van der Waals surface area contributed by atoms with Gasteiger partial charge in [-0.05, 0) is 13.8 Å². The molecule has 0 saturated heterocycles. The summed E-state index contributed by atoms with van der Waals surface area (Å²) >= 11 is 0. The van der Waals surface area contributed by atoms with E-state index in [0.29, 0.717) is 42.3 Å². The van der Waals surface area contributed by atoms with E-state index in [-0.39, 0.29) is 22.7 Å². The smallest absolute Gasteiger partial charge is 0.271 e. The molecule has 0 spiro atoms. The zero-order valence-electron chi connectivity index (χ0n) is 13.0. The molecule has 7 heteroatoms. The first-order valence-corrected chi connectivity index (χ1v) is 7.22. The third-order valence-corrected chi connectivity index (χ3v) is 3.95. The Kier molecular flexibility index (Phi) is 3.55. The number of carbonyl (C=O) groups excluding carboxylic acids is 1. The maximum atomic E-state index is 12.7. The molecule has 0 aromatic carbocycles. The Morgan fingerprint density at radius 2 is 2.13 bits per heavy atom. The molecular formula is C16H17N3O4. The third-order valence-electron chi connectivity index (χ3n) is 3.95. The van der Waals surface area contributed by atoms with Crippen LogP contribution in [0.5, 0.6) is 0 Å². The van der Waals surface area contributed by atoms with Gasteiger partial charge < -0.3 is 19.1 Å². The lowest BCUT2D eigenvalue weighted by molar-refractivity contribution is 0.0683. The minimum atomic E-state index is -0.378. The van der Waals surface area contributed by atoms with Crippen molar-refractivity contribution < 1.29 is 14.4 Å². The van der Waals surface area contributed by atoms with Crippen molar-refractivity contribution in [2.24, 2.45) is 0 Å². The quantitative estimate of drug-likeness (QED) is 0.870. The molecule has 1 aliphatic rings. The highest BCUT2D eigenvalue weighted by atomic mass is 16.5. The molecule has 23 heavy (non-hydrogen) atoms. The molecule has 0 atom stereocenters. The number of amides is 1. The van der Waals surface area contributed by atoms with E-state index in [0.717, 1.165) is 0 Å². The predicted octanol–water partition coefficient (Wildman–Crippen LogP) is 1.64. The molecule has 7 nitrogen and oxygen atoms in total. The highest BCUT2D eigenvalue weighted by molar-refractivity contribution is 5.94. The fourth-order valence-electron chi connectivity index (χ4n) is 2.79. The highest BCUT2D eigenvalue weighted by Gasteiger charge is 2.28. The second-order valence-electron chi connectivity index (χ2n) is 5.64. The Morgan fingerprint density at radius 1 is 1.39 bits per heavy atom. The Labute approximate surface area is 132 Å². The summed E-state index contributed by atoms with van der Waals surface area (Å²) < 4.78 is 6.71. The monoisotopic (exact) mass is 315 g/mol. The van der Waals surface area contributed by atoms with Crippen LogP contribution in [-0.2, 0) is 13.1 Å². The van der Waals surface area contributed by atoms with Crippen molar-refractivity contribution in [3.8, 4) is 0 Å². The molecule has 3 rings (SSSR count). The van der Waals surface area contributed by atoms with Crippen molar-refractivity contribution in [1.82, 2.24) is 14.6 Å². The Hall–Kier alpha value is -2.83. The second-order valence-corrected chi connectivity index (χ2v) is 5.64. The fraction of sp³-hybridized carbons (Fsp3) is 0.312. The number of hydrogen-bond donors (Lipinski definition) is 1. The van der Waals surface area contributed by atoms with Gasteiger partial charge in [0.15, 0.2) is 5.43 Å². The molecule has 120 valence electrons. The number of fused-ring (bicyclic) bond motifs is 1. The van der Waals surface area contributed by atoms with Gasteiger partial charge in [-0.15, -0.1) is 0 Å². The van der Waals surface area contributed by atoms with Crippen LogP contribution in [0.15, 0.2) is 28.2 Å². The first kappa shape index (κ1) is 15.1. The summed E-state index contributed by atoms with van der Waals surface area (Å²) in [6, 6.07) is 1.78. The van der Waals surface area contributed by atoms with Crippen molar-refractivity contribution in [3.05, 3.63) is 57.3 Å². The molecule has 0 aliphatic carbocycles. The van der Waals surface area contributed by atoms with E-state index in [1.165, 1.54) is 6.20 Å². The van der Waals surface area contributed by atoms with Crippen LogP contribution >= 0.6 is 0 Å². The lowest BCUT2D eigenvalue weighted by Crippen LogP contribution is -2.42. The summed E-state index contributed by atoms with van der Waals surface area (Å²) in [4.78, 5) is 26.6. The maximum Gasteiger partial charge on any atom is 0.271 e. The molecule has 2 aromatic rings. The van der Waals surface area contributed by atoms with Gasteiger partial charge >= 0.3 is 0 Å². The second kappa shape index (κ2) is 5.42. The van der Waals surface area contributed by atoms with Crippen LogP contribution in [0.2, 0.25) is 0 Å². The van der Waals surface area contributed by atoms with Gasteiger partial charge in [-0.3, -0.25) is 9.59 Å². The van der Waals surface area contributed by atoms with E-state index < -0.39 is 0 Å². The molecule has 2 aromatic heterocycles. The lowest BCUT2D eigenvalue weighted by Gasteiger charge is -2.30. The van der Waals surface area contributed by atoms with E-state index in [1.807, 2.05) is 0 Å². The lowest BCUT2D eigenvalue weighted by atomic mass is 10.1. The van der Waals surface area contributed by atoms with Crippen LogP contribution in [0, 0.1) is 13.8 Å². The van der Waals surface area contributed by atoms with Gasteiger partial charge in [-0.25, -0.2) is 0 Å². The van der Waals surface area contributed by atoms with E-state index >= 15 is 0 Å². The van der Waals surface area contributed by atoms with Gasteiger partial charge in [-0.1, -0.05) is 11.7 Å². The minimum Gasteiger partial charge on any atom is -0.508 e. The highest BCUT2D eigenvalue weighted by Crippen LogP contribution is 2.19. The van der Waals surface area contributed by atoms with Gasteiger partial charge in [0.1, 0.15) is 22.9 Å². The zero-order valence-corrected chi connectivity index (χ0v) is 13.0. The van der Waals surface area contributed by atoms with Crippen LogP contribution in [0.4, 0.5) is 0 Å². The Balaban J connectivity index is 1.98. The van der Waals surface area contributed by atoms with Crippen LogP contribution in [0.25, 0.3) is 5.76 Å². The molecular weight excluding hydrogens is 298 g/mol. The van der Waals surface area contributed by atoms with Gasteiger partial charge in [0.05, 0.1) is 12.1 Å². The van der Waals surface area contributed by atoms with Gasteiger partial charge in [0.25, 0.3) is 5.91 Å². The number of pyridine rings is 1. The fourth-order valence-corrected chi connectivity index (χ4v) is 2.79. The number of aryl methyl sites for hydroxylation is 1. The molecule has 0 unspecified atom stereocenters. The van der Waals surface area contributed by atoms with E-state index in [2.05, 4.69) is 11.7 Å². The standard InChI is InChI=1S/C16H17N3O4/c1-9-6-12(17-23-9)7-19-5-4-18-8-13(11(3)20)15(21)10(2)14(18)16(19)22/h6,8,20H,3-5,7H2,1-2H3. The Bertz CT molecular complexity index is 863. The average molecular weight is 315 g/mol. The van der Waals surface area contributed by atoms with Crippen molar-refractivity contribution in [1.29, 1.82) is 0 Å². The number of hydrogen-bond acceptors (Lipinski definition) is 5. The average Bonchev–Trinajstić information content (AvgIpc) is 2.90. The van der Waals surface area contributed by atoms with Crippen molar-refractivity contribution >= 4 is 11.7 Å². The van der Waals surface area contributed by atoms with Crippen LogP contribution in [0.3, 0.4) is 0 Å². The number of aliphatic hydroxyl groups is 1. The topological polar surface area (TPSA) is 88.6 Å². The number of nitrogens with zero attached hydrogens (tertiary/aromatic N) is 3. The molecule has 3 heterocycles. The van der Waals surface area contributed by atoms with Crippen molar-refractivity contribution in [3.63, 3.8) is 0 Å². The number of rotatable bonds is 3. The summed E-state index contributed by atoms with van der Waals surface area (Å²) in [5.41, 5.74) is 1.07. The molecule has 0 bridgehead atoms. The first-order valence-electron chi connectivity index (χ1n) is 7.22. The molecule has 0 fully saturated rings.